The van der Waals surface area contributed by atoms with Crippen LogP contribution in [0.3, 0.4) is 0 Å². The van der Waals surface area contributed by atoms with Crippen LogP contribution in [-0.2, 0) is 20.0 Å². The van der Waals surface area contributed by atoms with Gasteiger partial charge in [0.05, 0.1) is 11.6 Å². The maximum atomic E-state index is 6.32. The van der Waals surface area contributed by atoms with Gasteiger partial charge in [-0.25, -0.2) is 0 Å². The van der Waals surface area contributed by atoms with Gasteiger partial charge in [-0.3, -0.25) is 4.99 Å². The van der Waals surface area contributed by atoms with Crippen molar-refractivity contribution in [3.8, 4) is 11.5 Å². The number of benzene rings is 1. The molecule has 2 heterocycles. The monoisotopic (exact) mass is 518 g/mol. The van der Waals surface area contributed by atoms with Gasteiger partial charge in [0.2, 0.25) is 0 Å². The molecule has 0 radical (unpaired) electrons. The number of nitrogens with one attached hydrogen (secondary N) is 1. The van der Waals surface area contributed by atoms with Crippen molar-refractivity contribution in [2.24, 2.45) is 12.0 Å². The number of aliphatic imine (C=N–C) groups is 1. The highest BCUT2D eigenvalue weighted by molar-refractivity contribution is 14.0. The molecule has 1 aliphatic heterocycles. The zero-order valence-electron chi connectivity index (χ0n) is 16.6. The minimum atomic E-state index is 0. The number of ether oxygens (including phenoxy) is 2. The molecule has 154 valence electrons. The largest absolute Gasteiger partial charge is 0.486 e. The van der Waals surface area contributed by atoms with Crippen LogP contribution in [0.2, 0.25) is 5.02 Å². The van der Waals surface area contributed by atoms with E-state index in [0.29, 0.717) is 30.5 Å². The fraction of sp³-hybridized carbons (Fsp3) is 0.450. The van der Waals surface area contributed by atoms with Crippen LogP contribution >= 0.6 is 35.6 Å². The van der Waals surface area contributed by atoms with Gasteiger partial charge in [0.1, 0.15) is 13.2 Å². The summed E-state index contributed by atoms with van der Waals surface area (Å²) in [5.41, 5.74) is 2.33. The number of halogens is 2. The predicted octanol–water partition coefficient (Wildman–Crippen LogP) is 3.71. The Hall–Kier alpha value is -1.61. The van der Waals surface area contributed by atoms with Crippen LogP contribution in [0, 0.1) is 0 Å². The number of rotatable bonds is 6. The van der Waals surface area contributed by atoms with Gasteiger partial charge in [-0.1, -0.05) is 11.6 Å². The quantitative estimate of drug-likeness (QED) is 0.360. The molecule has 0 atom stereocenters. The topological polar surface area (TPSA) is 51.0 Å². The lowest BCUT2D eigenvalue weighted by Crippen LogP contribution is -2.39. The Kier molecular flexibility index (Phi) is 8.75. The summed E-state index contributed by atoms with van der Waals surface area (Å²) in [5, 5.41) is 3.95. The van der Waals surface area contributed by atoms with Crippen molar-refractivity contribution < 1.29 is 9.47 Å². The van der Waals surface area contributed by atoms with E-state index in [1.54, 1.807) is 0 Å². The predicted molar refractivity (Wildman–Crippen MR) is 124 cm³/mol. The molecule has 0 spiro atoms. The first-order chi connectivity index (χ1) is 13.1. The summed E-state index contributed by atoms with van der Waals surface area (Å²) in [5.74, 6) is 2.26. The van der Waals surface area contributed by atoms with Gasteiger partial charge in [-0.05, 0) is 43.2 Å². The molecule has 1 aromatic heterocycles. The Morgan fingerprint density at radius 2 is 2.11 bits per heavy atom. The summed E-state index contributed by atoms with van der Waals surface area (Å²) in [6, 6.07) is 8.11. The lowest BCUT2D eigenvalue weighted by Gasteiger charge is -2.22. The zero-order valence-corrected chi connectivity index (χ0v) is 19.7. The number of nitrogens with zero attached hydrogens (tertiary/aromatic N) is 3. The summed E-state index contributed by atoms with van der Waals surface area (Å²) in [6.45, 7) is 5.45. The molecule has 1 N–H and O–H groups in total. The normalized spacial score (nSPS) is 13.1. The molecule has 6 nitrogen and oxygen atoms in total. The van der Waals surface area contributed by atoms with Gasteiger partial charge in [-0.2, -0.15) is 0 Å². The van der Waals surface area contributed by atoms with Crippen molar-refractivity contribution in [2.45, 2.75) is 19.9 Å². The molecule has 2 aromatic rings. The number of guanidine groups is 1. The number of fused-ring (bicyclic) bond motifs is 1. The minimum Gasteiger partial charge on any atom is -0.486 e. The maximum absolute atomic E-state index is 6.32. The molecule has 0 unspecified atom stereocenters. The Bertz CT molecular complexity index is 809. The van der Waals surface area contributed by atoms with Crippen molar-refractivity contribution in [2.75, 3.05) is 33.4 Å². The van der Waals surface area contributed by atoms with Crippen molar-refractivity contribution in [1.82, 2.24) is 14.8 Å². The molecule has 8 heteroatoms. The van der Waals surface area contributed by atoms with Crippen LogP contribution in [0.5, 0.6) is 11.5 Å². The highest BCUT2D eigenvalue weighted by Gasteiger charge is 2.16. The van der Waals surface area contributed by atoms with Crippen molar-refractivity contribution >= 4 is 41.5 Å². The van der Waals surface area contributed by atoms with Crippen molar-refractivity contribution in [3.63, 3.8) is 0 Å². The van der Waals surface area contributed by atoms with Gasteiger partial charge in [0, 0.05) is 39.1 Å². The number of hydrogen-bond acceptors (Lipinski definition) is 3. The third-order valence-corrected chi connectivity index (χ3v) is 4.75. The van der Waals surface area contributed by atoms with Crippen LogP contribution in [0.1, 0.15) is 18.2 Å². The molecule has 28 heavy (non-hydrogen) atoms. The van der Waals surface area contributed by atoms with E-state index in [9.17, 15) is 0 Å². The lowest BCUT2D eigenvalue weighted by atomic mass is 10.1. The first-order valence-electron chi connectivity index (χ1n) is 9.26. The van der Waals surface area contributed by atoms with E-state index in [0.717, 1.165) is 36.8 Å². The SMILES string of the molecule is CCNC(=NCCc1cc(Cl)c2c(c1)OCCO2)N(C)Cc1cccn1C.I. The molecule has 1 aromatic carbocycles. The molecule has 0 bridgehead atoms. The molecule has 0 aliphatic carbocycles. The fourth-order valence-electron chi connectivity index (χ4n) is 3.05. The number of hydrogen-bond donors (Lipinski definition) is 1. The average molecular weight is 519 g/mol. The summed E-state index contributed by atoms with van der Waals surface area (Å²) in [4.78, 5) is 6.90. The number of aryl methyl sites for hydroxylation is 1. The Labute approximate surface area is 188 Å². The Balaban J connectivity index is 0.00000280. The van der Waals surface area contributed by atoms with Gasteiger partial charge in [-0.15, -0.1) is 24.0 Å². The zero-order chi connectivity index (χ0) is 19.2. The summed E-state index contributed by atoms with van der Waals surface area (Å²) >= 11 is 6.32. The molecule has 0 saturated carbocycles. The average Bonchev–Trinajstić information content (AvgIpc) is 3.05. The smallest absolute Gasteiger partial charge is 0.194 e. The molecular weight excluding hydrogens is 491 g/mol. The molecule has 0 saturated heterocycles. The highest BCUT2D eigenvalue weighted by atomic mass is 127. The van der Waals surface area contributed by atoms with Crippen LogP contribution in [0.15, 0.2) is 35.5 Å². The second-order valence-corrected chi connectivity index (χ2v) is 6.96. The second-order valence-electron chi connectivity index (χ2n) is 6.55. The maximum Gasteiger partial charge on any atom is 0.194 e. The molecule has 1 aliphatic rings. The van der Waals surface area contributed by atoms with Crippen molar-refractivity contribution in [3.05, 3.63) is 46.7 Å². The van der Waals surface area contributed by atoms with E-state index >= 15 is 0 Å². The lowest BCUT2D eigenvalue weighted by molar-refractivity contribution is 0.171. The van der Waals surface area contributed by atoms with Crippen LogP contribution in [-0.4, -0.2) is 48.8 Å². The molecular formula is C20H28ClIN4O2. The third kappa shape index (κ3) is 5.70. The standard InChI is InChI=1S/C20H27ClN4O2.HI/c1-4-22-20(25(3)14-16-6-5-9-24(16)2)23-8-7-15-12-17(21)19-18(13-15)26-10-11-27-19;/h5-6,9,12-13H,4,7-8,10-11,14H2,1-3H3,(H,22,23);1H. The van der Waals surface area contributed by atoms with Crippen molar-refractivity contribution in [1.29, 1.82) is 0 Å². The third-order valence-electron chi connectivity index (χ3n) is 4.47. The van der Waals surface area contributed by atoms with Gasteiger partial charge < -0.3 is 24.3 Å². The van der Waals surface area contributed by atoms with Gasteiger partial charge in [0.25, 0.3) is 0 Å². The fourth-order valence-corrected chi connectivity index (χ4v) is 3.34. The van der Waals surface area contributed by atoms with E-state index in [-0.39, 0.29) is 24.0 Å². The molecule has 3 rings (SSSR count). The van der Waals surface area contributed by atoms with Gasteiger partial charge >= 0.3 is 0 Å². The minimum absolute atomic E-state index is 0. The van der Waals surface area contributed by atoms with E-state index in [4.69, 9.17) is 26.1 Å². The molecule has 0 amide bonds. The van der Waals surface area contributed by atoms with E-state index in [1.807, 2.05) is 12.1 Å². The Morgan fingerprint density at radius 1 is 1.32 bits per heavy atom. The first kappa shape index (κ1) is 22.7. The van der Waals surface area contributed by atoms with Crippen LogP contribution in [0.25, 0.3) is 0 Å². The highest BCUT2D eigenvalue weighted by Crippen LogP contribution is 2.38. The summed E-state index contributed by atoms with van der Waals surface area (Å²) < 4.78 is 13.3. The van der Waals surface area contributed by atoms with E-state index < -0.39 is 0 Å². The summed E-state index contributed by atoms with van der Waals surface area (Å²) in [7, 11) is 4.11. The first-order valence-corrected chi connectivity index (χ1v) is 9.64. The van der Waals surface area contributed by atoms with E-state index in [1.165, 1.54) is 5.69 Å². The van der Waals surface area contributed by atoms with Gasteiger partial charge in [0.15, 0.2) is 17.5 Å². The molecule has 0 fully saturated rings. The summed E-state index contributed by atoms with van der Waals surface area (Å²) in [6.07, 6.45) is 2.84. The van der Waals surface area contributed by atoms with Crippen LogP contribution < -0.4 is 14.8 Å². The van der Waals surface area contributed by atoms with Crippen LogP contribution in [0.4, 0.5) is 0 Å². The van der Waals surface area contributed by atoms with E-state index in [2.05, 4.69) is 54.1 Å². The Morgan fingerprint density at radius 3 is 2.82 bits per heavy atom. The number of aromatic nitrogens is 1. The second kappa shape index (κ2) is 10.8.